The topological polar surface area (TPSA) is 123 Å². The Morgan fingerprint density at radius 2 is 1.57 bits per heavy atom. The Hall–Kier alpha value is -2.34. The van der Waals surface area contributed by atoms with Crippen molar-refractivity contribution in [3.63, 3.8) is 0 Å². The smallest absolute Gasteiger partial charge is 0.322 e. The van der Waals surface area contributed by atoms with Crippen LogP contribution in [0.2, 0.25) is 0 Å². The Morgan fingerprint density at radius 3 is 2.11 bits per heavy atom. The fourth-order valence-corrected chi connectivity index (χ4v) is 4.47. The highest BCUT2D eigenvalue weighted by molar-refractivity contribution is 7.86. The first-order valence-electron chi connectivity index (χ1n) is 11.5. The quantitative estimate of drug-likeness (QED) is 0.340. The first kappa shape index (κ1) is 27.3. The van der Waals surface area contributed by atoms with E-state index in [9.17, 15) is 13.2 Å². The predicted molar refractivity (Wildman–Crippen MR) is 129 cm³/mol. The summed E-state index contributed by atoms with van der Waals surface area (Å²) in [6.45, 7) is 2.45. The minimum atomic E-state index is -3.90. The van der Waals surface area contributed by atoms with Gasteiger partial charge in [0.1, 0.15) is 24.4 Å². The van der Waals surface area contributed by atoms with E-state index in [1.807, 2.05) is 60.7 Å². The van der Waals surface area contributed by atoms with Gasteiger partial charge in [0.25, 0.3) is 10.1 Å². The van der Waals surface area contributed by atoms with Crippen molar-refractivity contribution >= 4 is 16.1 Å². The minimum absolute atomic E-state index is 0.00434. The molecule has 1 saturated heterocycles. The summed E-state index contributed by atoms with van der Waals surface area (Å²) in [7, 11) is -3.90. The molecule has 0 aliphatic carbocycles. The molecule has 0 amide bonds. The molecule has 2 N–H and O–H groups in total. The van der Waals surface area contributed by atoms with E-state index in [0.29, 0.717) is 0 Å². The highest BCUT2D eigenvalue weighted by Crippen LogP contribution is 2.29. The van der Waals surface area contributed by atoms with Crippen LogP contribution in [-0.2, 0) is 51.3 Å². The number of carbonyl (C=O) groups excluding carboxylic acids is 1. The molecular formula is C25H33NO8S. The standard InChI is InChI=1S/C25H33NO8S/c1-3-30-25(27)20(26)14-21-24(34-35(2,28)29)23(33-16-19-12-8-5-9-13-19)22(17-32-21)31-15-18-10-6-4-7-11-18/h4-13,20-24H,3,14-17,26H2,1-2H3/t20?,21-,22-,23-,24-/m1/s1. The van der Waals surface area contributed by atoms with E-state index in [4.69, 9.17) is 28.9 Å². The summed E-state index contributed by atoms with van der Waals surface area (Å²) in [6, 6.07) is 18.0. The summed E-state index contributed by atoms with van der Waals surface area (Å²) in [5.74, 6) is -0.599. The summed E-state index contributed by atoms with van der Waals surface area (Å²) in [5.41, 5.74) is 7.86. The molecule has 5 atom stereocenters. The van der Waals surface area contributed by atoms with E-state index in [1.54, 1.807) is 6.92 Å². The summed E-state index contributed by atoms with van der Waals surface area (Å²) in [5, 5.41) is 0. The highest BCUT2D eigenvalue weighted by Gasteiger charge is 2.45. The molecule has 0 aromatic heterocycles. The SMILES string of the molecule is CCOC(=O)C(N)C[C@H]1OC[C@@H](OCc2ccccc2)[C@@H](OCc2ccccc2)[C@@H]1OS(C)(=O)=O. The maximum atomic E-state index is 12.2. The maximum absolute atomic E-state index is 12.2. The molecule has 10 heteroatoms. The second-order valence-electron chi connectivity index (χ2n) is 8.33. The first-order valence-corrected chi connectivity index (χ1v) is 13.3. The Labute approximate surface area is 206 Å². The molecule has 2 aromatic rings. The number of carbonyl (C=O) groups is 1. The van der Waals surface area contributed by atoms with Crippen LogP contribution in [0.15, 0.2) is 60.7 Å². The van der Waals surface area contributed by atoms with E-state index in [0.717, 1.165) is 17.4 Å². The van der Waals surface area contributed by atoms with Gasteiger partial charge < -0.3 is 24.7 Å². The summed E-state index contributed by atoms with van der Waals surface area (Å²) in [6.07, 6.45) is -2.39. The van der Waals surface area contributed by atoms with Gasteiger partial charge in [-0.15, -0.1) is 0 Å². The number of hydrogen-bond acceptors (Lipinski definition) is 9. The molecule has 0 radical (unpaired) electrons. The van der Waals surface area contributed by atoms with Crippen molar-refractivity contribution < 1.29 is 36.3 Å². The molecule has 1 aliphatic rings. The fourth-order valence-electron chi connectivity index (χ4n) is 3.84. The summed E-state index contributed by atoms with van der Waals surface area (Å²) < 4.78 is 53.0. The molecule has 0 saturated carbocycles. The van der Waals surface area contributed by atoms with Crippen molar-refractivity contribution in [1.82, 2.24) is 0 Å². The van der Waals surface area contributed by atoms with Gasteiger partial charge >= 0.3 is 5.97 Å². The zero-order valence-electron chi connectivity index (χ0n) is 19.9. The summed E-state index contributed by atoms with van der Waals surface area (Å²) >= 11 is 0. The van der Waals surface area contributed by atoms with Gasteiger partial charge in [-0.05, 0) is 18.1 Å². The second kappa shape index (κ2) is 13.1. The third-order valence-electron chi connectivity index (χ3n) is 5.48. The average molecular weight is 508 g/mol. The van der Waals surface area contributed by atoms with Gasteiger partial charge in [-0.25, -0.2) is 0 Å². The first-order chi connectivity index (χ1) is 16.8. The van der Waals surface area contributed by atoms with E-state index in [1.165, 1.54) is 0 Å². The minimum Gasteiger partial charge on any atom is -0.465 e. The van der Waals surface area contributed by atoms with Gasteiger partial charge in [0, 0.05) is 6.42 Å². The van der Waals surface area contributed by atoms with Crippen LogP contribution in [-0.4, -0.2) is 64.3 Å². The number of hydrogen-bond donors (Lipinski definition) is 1. The van der Waals surface area contributed by atoms with E-state index >= 15 is 0 Å². The summed E-state index contributed by atoms with van der Waals surface area (Å²) in [4.78, 5) is 12.1. The molecule has 0 spiro atoms. The van der Waals surface area contributed by atoms with Gasteiger partial charge in [0.15, 0.2) is 0 Å². The lowest BCUT2D eigenvalue weighted by Crippen LogP contribution is -2.58. The predicted octanol–water partition coefficient (Wildman–Crippen LogP) is 2.18. The molecule has 192 valence electrons. The molecule has 1 aliphatic heterocycles. The van der Waals surface area contributed by atoms with E-state index in [2.05, 4.69) is 0 Å². The van der Waals surface area contributed by atoms with Gasteiger partial charge in [0.2, 0.25) is 0 Å². The largest absolute Gasteiger partial charge is 0.465 e. The average Bonchev–Trinajstić information content (AvgIpc) is 2.84. The van der Waals surface area contributed by atoms with Crippen LogP contribution >= 0.6 is 0 Å². The lowest BCUT2D eigenvalue weighted by Gasteiger charge is -2.42. The van der Waals surface area contributed by atoms with Crippen molar-refractivity contribution in [2.45, 2.75) is 57.0 Å². The van der Waals surface area contributed by atoms with Gasteiger partial charge in [0.05, 0.1) is 38.8 Å². The van der Waals surface area contributed by atoms with Crippen LogP contribution < -0.4 is 5.73 Å². The number of esters is 1. The van der Waals surface area contributed by atoms with Crippen LogP contribution in [0.4, 0.5) is 0 Å². The number of nitrogens with two attached hydrogens (primary N) is 1. The molecule has 9 nitrogen and oxygen atoms in total. The third-order valence-corrected chi connectivity index (χ3v) is 6.06. The number of rotatable bonds is 12. The fraction of sp³-hybridized carbons (Fsp3) is 0.480. The van der Waals surface area contributed by atoms with E-state index < -0.39 is 46.5 Å². The lowest BCUT2D eigenvalue weighted by molar-refractivity contribution is -0.217. The van der Waals surface area contributed by atoms with E-state index in [-0.39, 0.29) is 32.8 Å². The van der Waals surface area contributed by atoms with Gasteiger partial charge in [-0.2, -0.15) is 8.42 Å². The molecule has 1 unspecified atom stereocenters. The van der Waals surface area contributed by atoms with Crippen molar-refractivity contribution in [3.8, 4) is 0 Å². The lowest BCUT2D eigenvalue weighted by atomic mass is 9.95. The van der Waals surface area contributed by atoms with Crippen molar-refractivity contribution in [1.29, 1.82) is 0 Å². The zero-order chi connectivity index (χ0) is 25.3. The molecule has 1 heterocycles. The monoisotopic (exact) mass is 507 g/mol. The Bertz CT molecular complexity index is 1020. The Balaban J connectivity index is 1.82. The van der Waals surface area contributed by atoms with Crippen LogP contribution in [0.1, 0.15) is 24.5 Å². The van der Waals surface area contributed by atoms with Gasteiger partial charge in [-0.3, -0.25) is 8.98 Å². The van der Waals surface area contributed by atoms with Crippen molar-refractivity contribution in [3.05, 3.63) is 71.8 Å². The Kier molecular flexibility index (Phi) is 10.2. The van der Waals surface area contributed by atoms with Crippen LogP contribution in [0.5, 0.6) is 0 Å². The molecule has 3 rings (SSSR count). The number of ether oxygens (including phenoxy) is 4. The molecular weight excluding hydrogens is 474 g/mol. The maximum Gasteiger partial charge on any atom is 0.322 e. The Morgan fingerprint density at radius 1 is 1.00 bits per heavy atom. The molecule has 1 fully saturated rings. The van der Waals surface area contributed by atoms with Crippen LogP contribution in [0.25, 0.3) is 0 Å². The van der Waals surface area contributed by atoms with Crippen LogP contribution in [0, 0.1) is 0 Å². The molecule has 0 bridgehead atoms. The molecule has 2 aromatic carbocycles. The molecule has 35 heavy (non-hydrogen) atoms. The van der Waals surface area contributed by atoms with Crippen molar-refractivity contribution in [2.75, 3.05) is 19.5 Å². The van der Waals surface area contributed by atoms with Crippen LogP contribution in [0.3, 0.4) is 0 Å². The highest BCUT2D eigenvalue weighted by atomic mass is 32.2. The third kappa shape index (κ3) is 8.68. The normalized spacial score (nSPS) is 23.5. The second-order valence-corrected chi connectivity index (χ2v) is 9.93. The van der Waals surface area contributed by atoms with Crippen molar-refractivity contribution in [2.24, 2.45) is 5.73 Å². The van der Waals surface area contributed by atoms with Gasteiger partial charge in [-0.1, -0.05) is 60.7 Å². The number of benzene rings is 2. The zero-order valence-corrected chi connectivity index (χ0v) is 20.8.